The Bertz CT molecular complexity index is 1910. The number of carbonyl (C=O) groups is 8. The highest BCUT2D eigenvalue weighted by molar-refractivity contribution is 7.85. The van der Waals surface area contributed by atoms with Gasteiger partial charge in [0.05, 0.1) is 0 Å². The van der Waals surface area contributed by atoms with Crippen LogP contribution in [0.5, 0.6) is 0 Å². The topological polar surface area (TPSA) is 366 Å². The molecule has 0 heterocycles. The van der Waals surface area contributed by atoms with Crippen molar-refractivity contribution in [2.75, 3.05) is 84.1 Å². The summed E-state index contributed by atoms with van der Waals surface area (Å²) in [5, 5.41) is 17.3. The van der Waals surface area contributed by atoms with Crippen molar-refractivity contribution in [3.63, 3.8) is 0 Å². The van der Waals surface area contributed by atoms with Gasteiger partial charge < -0.3 is 43.0 Å². The zero-order chi connectivity index (χ0) is 51.6. The number of nitrogens with two attached hydrogens (primary N) is 1. The van der Waals surface area contributed by atoms with Crippen LogP contribution in [0.1, 0.15) is 51.9 Å². The first kappa shape index (κ1) is 63.8. The van der Waals surface area contributed by atoms with Gasteiger partial charge in [-0.15, -0.1) is 0 Å². The van der Waals surface area contributed by atoms with Crippen LogP contribution in [0.3, 0.4) is 0 Å². The number of hydrogen-bond acceptors (Lipinski definition) is 15. The molecule has 0 aliphatic heterocycles. The van der Waals surface area contributed by atoms with E-state index in [0.29, 0.717) is 0 Å². The number of hydrogen-bond donors (Lipinski definition) is 8. The van der Waals surface area contributed by atoms with Crippen LogP contribution in [0.2, 0.25) is 0 Å². The minimum Gasteiger partial charge on any atom is -0.368 e. The summed E-state index contributed by atoms with van der Waals surface area (Å²) >= 11 is 0. The van der Waals surface area contributed by atoms with Crippen LogP contribution in [-0.4, -0.2) is 203 Å². The Morgan fingerprint density at radius 1 is 0.313 bits per heavy atom. The van der Waals surface area contributed by atoms with E-state index in [4.69, 9.17) is 5.73 Å². The molecule has 30 heteroatoms. The Labute approximate surface area is 409 Å². The molecule has 7 unspecified atom stereocenters. The SMILES string of the molecule is CC(=O)N[C@H](CCS(C)=O)C(=O)N[C@@H](CCS(C)=O)C(=O)N[C@H](CCS(C)=O)C(=O)N[C@@H](CCS(C)=O)C(=O)N[C@H](CCS(C)=O)C(=O)N[C@@H](CCS(C)=O)C(=O)N[C@@H](CCS(C)=O)C(N)=O. The molecule has 8 amide bonds. The van der Waals surface area contributed by atoms with Crippen molar-refractivity contribution in [3.8, 4) is 0 Å². The van der Waals surface area contributed by atoms with Crippen LogP contribution in [0.4, 0.5) is 0 Å². The summed E-state index contributed by atoms with van der Waals surface area (Å²) < 4.78 is 84.2. The summed E-state index contributed by atoms with van der Waals surface area (Å²) in [5.41, 5.74) is 5.44. The number of nitrogens with one attached hydrogen (secondary N) is 7. The molecule has 0 aliphatic carbocycles. The molecule has 0 aromatic rings. The fourth-order valence-electron chi connectivity index (χ4n) is 5.76. The molecule has 0 radical (unpaired) electrons. The summed E-state index contributed by atoms with van der Waals surface area (Å²) in [6, 6.07) is -9.95. The summed E-state index contributed by atoms with van der Waals surface area (Å²) in [7, 11) is -10.2. The van der Waals surface area contributed by atoms with Crippen molar-refractivity contribution < 1.29 is 67.8 Å². The van der Waals surface area contributed by atoms with Gasteiger partial charge in [-0.1, -0.05) is 0 Å². The van der Waals surface area contributed by atoms with E-state index in [-0.39, 0.29) is 85.2 Å². The van der Waals surface area contributed by atoms with E-state index < -0.39 is 165 Å². The van der Waals surface area contributed by atoms with E-state index in [1.165, 1.54) is 43.8 Å². The Balaban J connectivity index is 6.81. The third-order valence-corrected chi connectivity index (χ3v) is 15.1. The van der Waals surface area contributed by atoms with E-state index >= 15 is 0 Å². The van der Waals surface area contributed by atoms with Gasteiger partial charge in [0.1, 0.15) is 42.3 Å². The maximum absolute atomic E-state index is 14.0. The molecule has 0 fully saturated rings. The Hall–Kier alpha value is -3.19. The quantitative estimate of drug-likeness (QED) is 0.0293. The smallest absolute Gasteiger partial charge is 0.243 e. The van der Waals surface area contributed by atoms with Crippen LogP contribution in [-0.2, 0) is 114 Å². The highest BCUT2D eigenvalue weighted by Crippen LogP contribution is 2.08. The van der Waals surface area contributed by atoms with Gasteiger partial charge in [-0.2, -0.15) is 0 Å². The van der Waals surface area contributed by atoms with Crippen LogP contribution in [0.25, 0.3) is 0 Å². The number of rotatable bonds is 35. The molecule has 0 aromatic heterocycles. The molecule has 9 N–H and O–H groups in total. The first-order valence-electron chi connectivity index (χ1n) is 20.6. The molecule has 0 saturated heterocycles. The largest absolute Gasteiger partial charge is 0.368 e. The molecule has 14 atom stereocenters. The van der Waals surface area contributed by atoms with E-state index in [2.05, 4.69) is 37.2 Å². The third kappa shape index (κ3) is 30.1. The first-order chi connectivity index (χ1) is 31.1. The van der Waals surface area contributed by atoms with Gasteiger partial charge in [-0.3, -0.25) is 67.8 Å². The van der Waals surface area contributed by atoms with Crippen LogP contribution >= 0.6 is 0 Å². The van der Waals surface area contributed by atoms with E-state index in [9.17, 15) is 67.8 Å². The maximum atomic E-state index is 14.0. The second kappa shape index (κ2) is 34.2. The molecule has 0 saturated carbocycles. The van der Waals surface area contributed by atoms with E-state index in [1.807, 2.05) is 0 Å². The lowest BCUT2D eigenvalue weighted by Crippen LogP contribution is -2.60. The lowest BCUT2D eigenvalue weighted by molar-refractivity contribution is -0.135. The zero-order valence-corrected chi connectivity index (χ0v) is 44.7. The fraction of sp³-hybridized carbons (Fsp3) is 0.784. The minimum atomic E-state index is -1.55. The predicted octanol–water partition coefficient (Wildman–Crippen LogP) is -5.73. The summed E-state index contributed by atoms with van der Waals surface area (Å²) in [6.07, 6.45) is 8.13. The van der Waals surface area contributed by atoms with Gasteiger partial charge in [0.25, 0.3) is 0 Å². The van der Waals surface area contributed by atoms with Gasteiger partial charge in [0.2, 0.25) is 47.3 Å². The second-order valence-electron chi connectivity index (χ2n) is 15.5. The molecule has 0 rings (SSSR count). The van der Waals surface area contributed by atoms with Crippen molar-refractivity contribution in [2.24, 2.45) is 5.73 Å². The maximum Gasteiger partial charge on any atom is 0.243 e. The molecule has 67 heavy (non-hydrogen) atoms. The Kier molecular flexibility index (Phi) is 32.5. The van der Waals surface area contributed by atoms with Crippen molar-refractivity contribution in [2.45, 2.75) is 94.2 Å². The van der Waals surface area contributed by atoms with Gasteiger partial charge in [0, 0.05) is 167 Å². The lowest BCUT2D eigenvalue weighted by atomic mass is 10.1. The number of carbonyl (C=O) groups excluding carboxylic acids is 8. The van der Waals surface area contributed by atoms with Crippen LogP contribution < -0.4 is 43.0 Å². The molecule has 0 aliphatic rings. The second-order valence-corrected chi connectivity index (χ2v) is 26.4. The van der Waals surface area contributed by atoms with E-state index in [0.717, 1.165) is 6.92 Å². The molecule has 0 aromatic carbocycles. The predicted molar refractivity (Wildman–Crippen MR) is 263 cm³/mol. The Morgan fingerprint density at radius 3 is 0.612 bits per heavy atom. The van der Waals surface area contributed by atoms with Gasteiger partial charge in [-0.25, -0.2) is 0 Å². The first-order valence-corrected chi connectivity index (χ1v) is 32.7. The number of amides is 8. The van der Waals surface area contributed by atoms with Gasteiger partial charge in [0.15, 0.2) is 0 Å². The normalized spacial score (nSPS) is 17.6. The summed E-state index contributed by atoms with van der Waals surface area (Å²) in [6.45, 7) is 1.16. The molecule has 0 bridgehead atoms. The average Bonchev–Trinajstić information content (AvgIpc) is 3.21. The van der Waals surface area contributed by atoms with Crippen LogP contribution in [0.15, 0.2) is 0 Å². The average molecular weight is 1090 g/mol. The third-order valence-electron chi connectivity index (χ3n) is 9.38. The van der Waals surface area contributed by atoms with Gasteiger partial charge >= 0.3 is 0 Å². The van der Waals surface area contributed by atoms with Crippen molar-refractivity contribution in [3.05, 3.63) is 0 Å². The molecule has 23 nitrogen and oxygen atoms in total. The zero-order valence-electron chi connectivity index (χ0n) is 39.0. The standard InChI is InChI=1S/C37H68N8O15S7/c1-23(46)39-25(10-17-62(3)55)32(48)41-27(12-19-64(5)57)34(50)43-29(14-21-66(7)59)36(52)45-30(15-22-67(8)60)37(53)44-28(13-20-65(6)58)35(51)42-26(11-18-63(4)56)33(49)40-24(31(38)47)9-16-61(2)54/h24-30H,9-22H2,1-8H3,(H2,38,47)(H,39,46)(H,40,49)(H,41,48)(H,42,51)(H,43,50)(H,44,53)(H,45,52)/t24-,25+,26-,27-,28+,29+,30-,61?,62?,63?,64?,65?,66?,67?/m0/s1. The van der Waals surface area contributed by atoms with Crippen molar-refractivity contribution >= 4 is 123 Å². The minimum absolute atomic E-state index is 0.00781. The lowest BCUT2D eigenvalue weighted by Gasteiger charge is -2.28. The monoisotopic (exact) mass is 1090 g/mol. The molecular formula is C37H68N8O15S7. The summed E-state index contributed by atoms with van der Waals surface area (Å²) in [5.74, 6) is -7.78. The fourth-order valence-corrected chi connectivity index (χ4v) is 9.74. The summed E-state index contributed by atoms with van der Waals surface area (Å²) in [4.78, 5) is 106. The molecule has 0 spiro atoms. The highest BCUT2D eigenvalue weighted by atomic mass is 32.2. The molecular weight excluding hydrogens is 1020 g/mol. The van der Waals surface area contributed by atoms with Crippen molar-refractivity contribution in [1.82, 2.24) is 37.2 Å². The Morgan fingerprint density at radius 2 is 0.463 bits per heavy atom. The van der Waals surface area contributed by atoms with Gasteiger partial charge in [-0.05, 0) is 44.9 Å². The number of primary amides is 1. The van der Waals surface area contributed by atoms with Crippen molar-refractivity contribution in [1.29, 1.82) is 0 Å². The highest BCUT2D eigenvalue weighted by Gasteiger charge is 2.34. The molecule has 388 valence electrons. The van der Waals surface area contributed by atoms with E-state index in [1.54, 1.807) is 0 Å². The van der Waals surface area contributed by atoms with Crippen LogP contribution in [0, 0.1) is 0 Å².